The molecule has 23 heavy (non-hydrogen) atoms. The minimum atomic E-state index is -0.0285. The van der Waals surface area contributed by atoms with Crippen molar-refractivity contribution in [1.82, 2.24) is 20.1 Å². The van der Waals surface area contributed by atoms with Gasteiger partial charge in [-0.1, -0.05) is 18.2 Å². The molecule has 0 saturated heterocycles. The molecular formula is C18H22N4O. The molecule has 0 bridgehead atoms. The third-order valence-corrected chi connectivity index (χ3v) is 4.41. The molecule has 120 valence electrons. The lowest BCUT2D eigenvalue weighted by molar-refractivity contribution is -0.121. The molecule has 2 aromatic heterocycles. The van der Waals surface area contributed by atoms with Crippen LogP contribution in [0.5, 0.6) is 0 Å². The highest BCUT2D eigenvalue weighted by Gasteiger charge is 2.15. The van der Waals surface area contributed by atoms with Gasteiger partial charge in [0.2, 0.25) is 5.91 Å². The summed E-state index contributed by atoms with van der Waals surface area (Å²) in [6.45, 7) is 4.00. The molecule has 5 heteroatoms. The summed E-state index contributed by atoms with van der Waals surface area (Å²) in [4.78, 5) is 15.5. The molecule has 0 aliphatic rings. The molecule has 1 atom stereocenters. The number of nitrogens with one attached hydrogen (secondary N) is 2. The normalized spacial score (nSPS) is 12.5. The molecule has 3 aromatic rings. The molecule has 5 nitrogen and oxygen atoms in total. The van der Waals surface area contributed by atoms with Crippen LogP contribution in [-0.2, 0) is 18.3 Å². The second-order valence-corrected chi connectivity index (χ2v) is 5.96. The lowest BCUT2D eigenvalue weighted by Gasteiger charge is -2.13. The van der Waals surface area contributed by atoms with Crippen molar-refractivity contribution >= 4 is 16.8 Å². The van der Waals surface area contributed by atoms with E-state index >= 15 is 0 Å². The Bertz CT molecular complexity index is 831. The summed E-state index contributed by atoms with van der Waals surface area (Å²) in [7, 11) is 1.91. The molecular weight excluding hydrogens is 288 g/mol. The number of fused-ring (bicyclic) bond motifs is 1. The molecule has 1 amide bonds. The Labute approximate surface area is 135 Å². The quantitative estimate of drug-likeness (QED) is 0.761. The lowest BCUT2D eigenvalue weighted by Crippen LogP contribution is -2.27. The Morgan fingerprint density at radius 3 is 2.91 bits per heavy atom. The molecule has 0 aliphatic heterocycles. The molecule has 0 spiro atoms. The highest BCUT2D eigenvalue weighted by Crippen LogP contribution is 2.20. The third kappa shape index (κ3) is 3.13. The summed E-state index contributed by atoms with van der Waals surface area (Å²) in [5.41, 5.74) is 4.44. The second-order valence-electron chi connectivity index (χ2n) is 5.96. The molecule has 1 aromatic carbocycles. The topological polar surface area (TPSA) is 62.7 Å². The van der Waals surface area contributed by atoms with E-state index in [-0.39, 0.29) is 11.9 Å². The van der Waals surface area contributed by atoms with Crippen LogP contribution in [0.4, 0.5) is 0 Å². The van der Waals surface area contributed by atoms with E-state index in [9.17, 15) is 4.79 Å². The van der Waals surface area contributed by atoms with Gasteiger partial charge in [-0.3, -0.25) is 9.48 Å². The Balaban J connectivity index is 1.60. The summed E-state index contributed by atoms with van der Waals surface area (Å²) in [5, 5.41) is 8.48. The largest absolute Gasteiger partial charge is 0.361 e. The van der Waals surface area contributed by atoms with E-state index in [0.29, 0.717) is 6.42 Å². The number of H-pyrrole nitrogens is 1. The highest BCUT2D eigenvalue weighted by atomic mass is 16.1. The number of hydrogen-bond acceptors (Lipinski definition) is 2. The molecule has 3 rings (SSSR count). The number of aromatic nitrogens is 3. The number of aromatic amines is 1. The van der Waals surface area contributed by atoms with Gasteiger partial charge in [-0.25, -0.2) is 0 Å². The maximum atomic E-state index is 12.2. The Kier molecular flexibility index (Phi) is 4.19. The summed E-state index contributed by atoms with van der Waals surface area (Å²) >= 11 is 0. The zero-order valence-electron chi connectivity index (χ0n) is 13.8. The van der Waals surface area contributed by atoms with Gasteiger partial charge < -0.3 is 10.3 Å². The minimum Gasteiger partial charge on any atom is -0.361 e. The van der Waals surface area contributed by atoms with E-state index in [1.54, 1.807) is 0 Å². The van der Waals surface area contributed by atoms with Crippen molar-refractivity contribution in [3.63, 3.8) is 0 Å². The van der Waals surface area contributed by atoms with E-state index in [4.69, 9.17) is 0 Å². The van der Waals surface area contributed by atoms with Gasteiger partial charge in [0.05, 0.1) is 12.2 Å². The first-order valence-electron chi connectivity index (χ1n) is 7.89. The first-order chi connectivity index (χ1) is 11.1. The van der Waals surface area contributed by atoms with E-state index in [2.05, 4.69) is 21.5 Å². The van der Waals surface area contributed by atoms with Crippen molar-refractivity contribution in [2.75, 3.05) is 0 Å². The van der Waals surface area contributed by atoms with Gasteiger partial charge in [0.25, 0.3) is 0 Å². The zero-order valence-corrected chi connectivity index (χ0v) is 13.8. The fourth-order valence-electron chi connectivity index (χ4n) is 2.92. The number of rotatable bonds is 5. The average Bonchev–Trinajstić information content (AvgIpc) is 3.10. The number of amides is 1. The minimum absolute atomic E-state index is 0.0285. The second kappa shape index (κ2) is 6.28. The Morgan fingerprint density at radius 2 is 2.17 bits per heavy atom. The Morgan fingerprint density at radius 1 is 1.39 bits per heavy atom. The number of carbonyl (C=O) groups excluding carboxylic acids is 1. The smallest absolute Gasteiger partial charge is 0.220 e. The fourth-order valence-corrected chi connectivity index (χ4v) is 2.92. The molecule has 2 N–H and O–H groups in total. The number of carbonyl (C=O) groups is 1. The summed E-state index contributed by atoms with van der Waals surface area (Å²) in [6, 6.07) is 8.13. The molecule has 0 unspecified atom stereocenters. The highest BCUT2D eigenvalue weighted by molar-refractivity contribution is 5.84. The number of hydrogen-bond donors (Lipinski definition) is 2. The first-order valence-corrected chi connectivity index (χ1v) is 7.89. The van der Waals surface area contributed by atoms with Crippen LogP contribution in [-0.4, -0.2) is 20.7 Å². The predicted molar refractivity (Wildman–Crippen MR) is 91.1 cm³/mol. The lowest BCUT2D eigenvalue weighted by atomic mass is 10.1. The standard InChI is InChI=1S/C18H22N4O/c1-12(16-11-20-22(3)13(16)2)21-18(23)9-8-14-10-19-17-7-5-4-6-15(14)17/h4-7,10-12,19H,8-9H2,1-3H3,(H,21,23)/t12-/m1/s1. The van der Waals surface area contributed by atoms with Crippen LogP contribution in [0.25, 0.3) is 10.9 Å². The predicted octanol–water partition coefficient (Wildman–Crippen LogP) is 3.02. The van der Waals surface area contributed by atoms with Crippen molar-refractivity contribution < 1.29 is 4.79 Å². The SMILES string of the molecule is Cc1c([C@@H](C)NC(=O)CCc2c[nH]c3ccccc23)cnn1C. The van der Waals surface area contributed by atoms with Crippen molar-refractivity contribution in [3.05, 3.63) is 53.5 Å². The summed E-state index contributed by atoms with van der Waals surface area (Å²) in [6.07, 6.45) is 5.02. The first kappa shape index (κ1) is 15.3. The molecule has 0 saturated carbocycles. The van der Waals surface area contributed by atoms with E-state index in [1.165, 1.54) is 10.9 Å². The van der Waals surface area contributed by atoms with E-state index in [0.717, 1.165) is 23.2 Å². The van der Waals surface area contributed by atoms with Gasteiger partial charge in [-0.05, 0) is 31.9 Å². The van der Waals surface area contributed by atoms with Crippen molar-refractivity contribution in [2.24, 2.45) is 7.05 Å². The van der Waals surface area contributed by atoms with Crippen molar-refractivity contribution in [3.8, 4) is 0 Å². The molecule has 0 fully saturated rings. The van der Waals surface area contributed by atoms with Gasteiger partial charge in [0, 0.05) is 41.8 Å². The summed E-state index contributed by atoms with van der Waals surface area (Å²) < 4.78 is 1.82. The monoisotopic (exact) mass is 310 g/mol. The number of aryl methyl sites for hydroxylation is 2. The average molecular weight is 310 g/mol. The van der Waals surface area contributed by atoms with Gasteiger partial charge in [0.15, 0.2) is 0 Å². The number of nitrogens with zero attached hydrogens (tertiary/aromatic N) is 2. The maximum Gasteiger partial charge on any atom is 0.220 e. The van der Waals surface area contributed by atoms with Crippen LogP contribution in [0.1, 0.15) is 36.2 Å². The van der Waals surface area contributed by atoms with Gasteiger partial charge >= 0.3 is 0 Å². The van der Waals surface area contributed by atoms with Crippen LogP contribution >= 0.6 is 0 Å². The van der Waals surface area contributed by atoms with Crippen LogP contribution in [0.2, 0.25) is 0 Å². The summed E-state index contributed by atoms with van der Waals surface area (Å²) in [5.74, 6) is 0.0611. The Hall–Kier alpha value is -2.56. The van der Waals surface area contributed by atoms with Crippen LogP contribution in [0, 0.1) is 6.92 Å². The number of benzene rings is 1. The van der Waals surface area contributed by atoms with Gasteiger partial charge in [-0.15, -0.1) is 0 Å². The van der Waals surface area contributed by atoms with Crippen LogP contribution < -0.4 is 5.32 Å². The van der Waals surface area contributed by atoms with Crippen LogP contribution in [0.3, 0.4) is 0 Å². The van der Waals surface area contributed by atoms with Gasteiger partial charge in [0.1, 0.15) is 0 Å². The molecule has 2 heterocycles. The fraction of sp³-hybridized carbons (Fsp3) is 0.333. The molecule has 0 aliphatic carbocycles. The zero-order chi connectivity index (χ0) is 16.4. The molecule has 0 radical (unpaired) electrons. The van der Waals surface area contributed by atoms with E-state index < -0.39 is 0 Å². The third-order valence-electron chi connectivity index (χ3n) is 4.41. The van der Waals surface area contributed by atoms with E-state index in [1.807, 2.05) is 56.2 Å². The number of para-hydroxylation sites is 1. The van der Waals surface area contributed by atoms with Gasteiger partial charge in [-0.2, -0.15) is 5.10 Å². The van der Waals surface area contributed by atoms with Crippen molar-refractivity contribution in [2.45, 2.75) is 32.7 Å². The van der Waals surface area contributed by atoms with Crippen molar-refractivity contribution in [1.29, 1.82) is 0 Å². The maximum absolute atomic E-state index is 12.2. The van der Waals surface area contributed by atoms with Crippen LogP contribution in [0.15, 0.2) is 36.7 Å².